The maximum atomic E-state index is 13.6. The predicted molar refractivity (Wildman–Crippen MR) is 123 cm³/mol. The highest BCUT2D eigenvalue weighted by molar-refractivity contribution is 14.0. The lowest BCUT2D eigenvalue weighted by molar-refractivity contribution is 0.378. The molecule has 0 fully saturated rings. The summed E-state index contributed by atoms with van der Waals surface area (Å²) >= 11 is 5.99. The fraction of sp³-hybridized carbons (Fsp3) is 0.250. The van der Waals surface area contributed by atoms with Crippen molar-refractivity contribution in [2.45, 2.75) is 19.9 Å². The summed E-state index contributed by atoms with van der Waals surface area (Å²) in [5.74, 6) is 1.41. The van der Waals surface area contributed by atoms with Crippen molar-refractivity contribution in [1.82, 2.24) is 20.8 Å². The number of halogens is 3. The third-order valence-electron chi connectivity index (χ3n) is 4.10. The van der Waals surface area contributed by atoms with E-state index in [1.54, 1.807) is 32.2 Å². The lowest BCUT2D eigenvalue weighted by Crippen LogP contribution is -2.37. The van der Waals surface area contributed by atoms with Crippen molar-refractivity contribution in [2.24, 2.45) is 4.99 Å². The van der Waals surface area contributed by atoms with Crippen LogP contribution in [0.5, 0.6) is 0 Å². The highest BCUT2D eigenvalue weighted by atomic mass is 127. The Balaban J connectivity index is 0.00000300. The molecule has 1 heterocycles. The minimum Gasteiger partial charge on any atom is -0.356 e. The number of aryl methyl sites for hydroxylation is 1. The van der Waals surface area contributed by atoms with Gasteiger partial charge in [-0.2, -0.15) is 4.98 Å². The molecule has 6 nitrogen and oxygen atoms in total. The summed E-state index contributed by atoms with van der Waals surface area (Å²) in [4.78, 5) is 8.53. The van der Waals surface area contributed by atoms with E-state index >= 15 is 0 Å². The Morgan fingerprint density at radius 3 is 2.76 bits per heavy atom. The van der Waals surface area contributed by atoms with E-state index in [9.17, 15) is 4.39 Å². The molecule has 0 saturated heterocycles. The third kappa shape index (κ3) is 6.67. The molecule has 9 heteroatoms. The first-order valence-corrected chi connectivity index (χ1v) is 9.21. The molecule has 0 saturated carbocycles. The number of hydrogen-bond acceptors (Lipinski definition) is 4. The standard InChI is InChI=1S/C20H21ClFN5O.HI/c1-13-6-7-14(10-17(13)22)12-25-20(23-2)24-9-8-18-26-19(27-28-18)15-4-3-5-16(21)11-15;/h3-7,10-11H,8-9,12H2,1-2H3,(H2,23,24,25);1H. The van der Waals surface area contributed by atoms with Crippen LogP contribution in [-0.4, -0.2) is 29.7 Å². The van der Waals surface area contributed by atoms with Crippen LogP contribution in [0.2, 0.25) is 5.02 Å². The molecule has 3 rings (SSSR count). The fourth-order valence-electron chi connectivity index (χ4n) is 2.54. The number of aliphatic imine (C=N–C) groups is 1. The second-order valence-corrected chi connectivity index (χ2v) is 6.64. The van der Waals surface area contributed by atoms with Gasteiger partial charge in [-0.15, -0.1) is 24.0 Å². The Hall–Kier alpha value is -2.20. The van der Waals surface area contributed by atoms with Gasteiger partial charge < -0.3 is 15.2 Å². The molecule has 0 unspecified atom stereocenters. The van der Waals surface area contributed by atoms with Crippen LogP contribution in [0.4, 0.5) is 4.39 Å². The number of aromatic nitrogens is 2. The van der Waals surface area contributed by atoms with Gasteiger partial charge in [0.25, 0.3) is 0 Å². The summed E-state index contributed by atoms with van der Waals surface area (Å²) in [6, 6.07) is 12.5. The van der Waals surface area contributed by atoms with Crippen LogP contribution in [0.1, 0.15) is 17.0 Å². The number of guanidine groups is 1. The highest BCUT2D eigenvalue weighted by Crippen LogP contribution is 2.19. The molecule has 0 bridgehead atoms. The largest absolute Gasteiger partial charge is 0.356 e. The molecule has 154 valence electrons. The van der Waals surface area contributed by atoms with Crippen LogP contribution in [0, 0.1) is 12.7 Å². The highest BCUT2D eigenvalue weighted by Gasteiger charge is 2.09. The van der Waals surface area contributed by atoms with Gasteiger partial charge in [-0.1, -0.05) is 41.0 Å². The Morgan fingerprint density at radius 2 is 2.03 bits per heavy atom. The number of hydrogen-bond donors (Lipinski definition) is 2. The summed E-state index contributed by atoms with van der Waals surface area (Å²) in [6.07, 6.45) is 0.535. The maximum Gasteiger partial charge on any atom is 0.228 e. The van der Waals surface area contributed by atoms with E-state index in [1.807, 2.05) is 18.2 Å². The van der Waals surface area contributed by atoms with E-state index in [4.69, 9.17) is 16.1 Å². The lowest BCUT2D eigenvalue weighted by Gasteiger charge is -2.11. The molecule has 2 aromatic carbocycles. The molecule has 1 aromatic heterocycles. The average Bonchev–Trinajstić information content (AvgIpc) is 3.16. The topological polar surface area (TPSA) is 75.3 Å². The molecule has 0 radical (unpaired) electrons. The van der Waals surface area contributed by atoms with Gasteiger partial charge in [0, 0.05) is 37.1 Å². The Morgan fingerprint density at radius 1 is 1.21 bits per heavy atom. The second-order valence-electron chi connectivity index (χ2n) is 6.21. The van der Waals surface area contributed by atoms with E-state index < -0.39 is 0 Å². The number of rotatable bonds is 6. The zero-order valence-electron chi connectivity index (χ0n) is 16.1. The van der Waals surface area contributed by atoms with E-state index in [0.29, 0.717) is 47.8 Å². The van der Waals surface area contributed by atoms with Gasteiger partial charge in [0.2, 0.25) is 11.7 Å². The summed E-state index contributed by atoms with van der Waals surface area (Å²) in [5, 5.41) is 10.9. The molecule has 29 heavy (non-hydrogen) atoms. The molecule has 3 aromatic rings. The van der Waals surface area contributed by atoms with Crippen LogP contribution in [-0.2, 0) is 13.0 Å². The van der Waals surface area contributed by atoms with Crippen LogP contribution < -0.4 is 10.6 Å². The van der Waals surface area contributed by atoms with Crippen molar-refractivity contribution in [3.63, 3.8) is 0 Å². The smallest absolute Gasteiger partial charge is 0.228 e. The van der Waals surface area contributed by atoms with Gasteiger partial charge >= 0.3 is 0 Å². The van der Waals surface area contributed by atoms with Gasteiger partial charge in [-0.05, 0) is 36.2 Å². The van der Waals surface area contributed by atoms with Gasteiger partial charge in [-0.3, -0.25) is 4.99 Å². The minimum absolute atomic E-state index is 0. The van der Waals surface area contributed by atoms with Crippen LogP contribution in [0.15, 0.2) is 52.0 Å². The van der Waals surface area contributed by atoms with Gasteiger partial charge in [0.05, 0.1) is 0 Å². The van der Waals surface area contributed by atoms with Crippen molar-refractivity contribution in [3.8, 4) is 11.4 Å². The minimum atomic E-state index is -0.214. The van der Waals surface area contributed by atoms with Crippen molar-refractivity contribution < 1.29 is 8.91 Å². The lowest BCUT2D eigenvalue weighted by atomic mass is 10.1. The molecule has 0 aliphatic heterocycles. The van der Waals surface area contributed by atoms with E-state index in [0.717, 1.165) is 11.1 Å². The van der Waals surface area contributed by atoms with E-state index in [2.05, 4.69) is 25.8 Å². The SMILES string of the molecule is CN=C(NCCc1nc(-c2cccc(Cl)c2)no1)NCc1ccc(C)c(F)c1.I. The Bertz CT molecular complexity index is 979. The Labute approximate surface area is 191 Å². The van der Waals surface area contributed by atoms with Crippen molar-refractivity contribution >= 4 is 41.5 Å². The predicted octanol–water partition coefficient (Wildman–Crippen LogP) is 4.36. The second kappa shape index (κ2) is 11.1. The van der Waals surface area contributed by atoms with Gasteiger partial charge in [-0.25, -0.2) is 4.39 Å². The molecule has 0 aliphatic rings. The van der Waals surface area contributed by atoms with Crippen molar-refractivity contribution in [3.05, 3.63) is 70.3 Å². The fourth-order valence-corrected chi connectivity index (χ4v) is 2.73. The zero-order chi connectivity index (χ0) is 19.9. The average molecular weight is 530 g/mol. The number of benzene rings is 2. The summed E-state index contributed by atoms with van der Waals surface area (Å²) in [7, 11) is 1.68. The third-order valence-corrected chi connectivity index (χ3v) is 4.34. The van der Waals surface area contributed by atoms with Crippen LogP contribution in [0.25, 0.3) is 11.4 Å². The van der Waals surface area contributed by atoms with Crippen LogP contribution in [0.3, 0.4) is 0 Å². The van der Waals surface area contributed by atoms with E-state index in [-0.39, 0.29) is 29.8 Å². The van der Waals surface area contributed by atoms with Crippen molar-refractivity contribution in [1.29, 1.82) is 0 Å². The summed E-state index contributed by atoms with van der Waals surface area (Å²) < 4.78 is 18.9. The number of nitrogens with one attached hydrogen (secondary N) is 2. The maximum absolute atomic E-state index is 13.6. The Kier molecular flexibility index (Phi) is 8.84. The first kappa shape index (κ1) is 23.1. The monoisotopic (exact) mass is 529 g/mol. The molecular weight excluding hydrogens is 508 g/mol. The first-order valence-electron chi connectivity index (χ1n) is 8.83. The molecule has 0 atom stereocenters. The normalized spacial score (nSPS) is 11.1. The van der Waals surface area contributed by atoms with Gasteiger partial charge in [0.15, 0.2) is 5.96 Å². The number of nitrogens with zero attached hydrogens (tertiary/aromatic N) is 3. The summed E-state index contributed by atoms with van der Waals surface area (Å²) in [5.41, 5.74) is 2.27. The molecule has 2 N–H and O–H groups in total. The zero-order valence-corrected chi connectivity index (χ0v) is 19.2. The quantitative estimate of drug-likeness (QED) is 0.282. The summed E-state index contributed by atoms with van der Waals surface area (Å²) in [6.45, 7) is 2.76. The molecule has 0 spiro atoms. The van der Waals surface area contributed by atoms with E-state index in [1.165, 1.54) is 6.07 Å². The van der Waals surface area contributed by atoms with Crippen molar-refractivity contribution in [2.75, 3.05) is 13.6 Å². The molecule has 0 aliphatic carbocycles. The first-order chi connectivity index (χ1) is 13.5. The van der Waals surface area contributed by atoms with Crippen LogP contribution >= 0.6 is 35.6 Å². The molecule has 0 amide bonds. The van der Waals surface area contributed by atoms with Gasteiger partial charge in [0.1, 0.15) is 5.82 Å². The molecular formula is C20H22ClFIN5O.